The number of carbonyl (C=O) groups is 1. The van der Waals surface area contributed by atoms with E-state index in [1.165, 1.54) is 25.0 Å². The van der Waals surface area contributed by atoms with Gasteiger partial charge in [-0.2, -0.15) is 11.8 Å². The van der Waals surface area contributed by atoms with E-state index in [4.69, 9.17) is 0 Å². The predicted molar refractivity (Wildman–Crippen MR) is 77.6 cm³/mol. The molecule has 0 aliphatic heterocycles. The van der Waals surface area contributed by atoms with Gasteiger partial charge in [0.15, 0.2) is 0 Å². The molecule has 0 aromatic heterocycles. The van der Waals surface area contributed by atoms with Crippen molar-refractivity contribution in [3.8, 4) is 0 Å². The maximum absolute atomic E-state index is 11.6. The highest BCUT2D eigenvalue weighted by molar-refractivity contribution is 7.98. The molecule has 1 atom stereocenters. The molecular formula is C13H28N2OS. The molecule has 0 rings (SSSR count). The third-order valence-electron chi connectivity index (χ3n) is 2.70. The first-order valence-electron chi connectivity index (χ1n) is 6.72. The molecule has 2 N–H and O–H groups in total. The number of amides is 1. The van der Waals surface area contributed by atoms with Crippen LogP contribution in [0.2, 0.25) is 0 Å². The molecule has 0 aromatic rings. The maximum Gasteiger partial charge on any atom is 0.236 e. The van der Waals surface area contributed by atoms with Crippen LogP contribution in [0.15, 0.2) is 0 Å². The molecule has 3 nitrogen and oxygen atoms in total. The Morgan fingerprint density at radius 2 is 1.88 bits per heavy atom. The van der Waals surface area contributed by atoms with Crippen LogP contribution in [0.5, 0.6) is 0 Å². The summed E-state index contributed by atoms with van der Waals surface area (Å²) in [5, 5.41) is 6.22. The fourth-order valence-corrected chi connectivity index (χ4v) is 2.02. The van der Waals surface area contributed by atoms with Crippen molar-refractivity contribution in [2.75, 3.05) is 25.1 Å². The molecule has 102 valence electrons. The van der Waals surface area contributed by atoms with Crippen LogP contribution in [0.3, 0.4) is 0 Å². The largest absolute Gasteiger partial charge is 0.355 e. The molecule has 0 saturated heterocycles. The van der Waals surface area contributed by atoms with Crippen molar-refractivity contribution in [3.05, 3.63) is 0 Å². The van der Waals surface area contributed by atoms with Gasteiger partial charge in [0.2, 0.25) is 5.91 Å². The average molecular weight is 260 g/mol. The van der Waals surface area contributed by atoms with Crippen molar-refractivity contribution in [1.29, 1.82) is 0 Å². The van der Waals surface area contributed by atoms with Crippen molar-refractivity contribution in [2.24, 2.45) is 0 Å². The fourth-order valence-electron chi connectivity index (χ4n) is 1.52. The Hall–Kier alpha value is -0.220. The van der Waals surface area contributed by atoms with Crippen LogP contribution >= 0.6 is 11.8 Å². The minimum Gasteiger partial charge on any atom is -0.355 e. The minimum atomic E-state index is -0.0640. The number of unbranched alkanes of at least 4 members (excludes halogenated alkanes) is 3. The zero-order valence-corrected chi connectivity index (χ0v) is 12.4. The van der Waals surface area contributed by atoms with Gasteiger partial charge in [-0.1, -0.05) is 19.8 Å². The van der Waals surface area contributed by atoms with Gasteiger partial charge in [-0.25, -0.2) is 0 Å². The van der Waals surface area contributed by atoms with E-state index >= 15 is 0 Å². The highest BCUT2D eigenvalue weighted by Crippen LogP contribution is 1.98. The molecule has 0 aliphatic carbocycles. The highest BCUT2D eigenvalue weighted by Gasteiger charge is 2.10. The molecule has 17 heavy (non-hydrogen) atoms. The normalized spacial score (nSPS) is 12.4. The van der Waals surface area contributed by atoms with Crippen molar-refractivity contribution in [3.63, 3.8) is 0 Å². The van der Waals surface area contributed by atoms with Gasteiger partial charge in [-0.05, 0) is 44.7 Å². The lowest BCUT2D eigenvalue weighted by Gasteiger charge is -2.13. The Morgan fingerprint density at radius 1 is 1.18 bits per heavy atom. The summed E-state index contributed by atoms with van der Waals surface area (Å²) in [6.45, 7) is 5.85. The Morgan fingerprint density at radius 3 is 2.53 bits per heavy atom. The van der Waals surface area contributed by atoms with E-state index in [1.807, 2.05) is 18.7 Å². The molecule has 0 bridgehead atoms. The molecule has 4 heteroatoms. The second kappa shape index (κ2) is 12.2. The molecule has 1 unspecified atom stereocenters. The van der Waals surface area contributed by atoms with Crippen LogP contribution in [0, 0.1) is 0 Å². The summed E-state index contributed by atoms with van der Waals surface area (Å²) in [6, 6.07) is -0.0640. The van der Waals surface area contributed by atoms with Gasteiger partial charge in [0, 0.05) is 6.54 Å². The number of rotatable bonds is 11. The number of hydrogen-bond donors (Lipinski definition) is 2. The molecule has 1 amide bonds. The van der Waals surface area contributed by atoms with Gasteiger partial charge in [0.1, 0.15) is 0 Å². The molecule has 0 saturated carbocycles. The molecule has 0 aliphatic rings. The SMILES string of the molecule is CCCCCNC(=O)C(C)NCCCCSC. The van der Waals surface area contributed by atoms with E-state index in [1.54, 1.807) is 0 Å². The standard InChI is InChI=1S/C13H28N2OS/c1-4-5-6-10-15-13(16)12(2)14-9-7-8-11-17-3/h12,14H,4-11H2,1-3H3,(H,15,16). The van der Waals surface area contributed by atoms with E-state index < -0.39 is 0 Å². The van der Waals surface area contributed by atoms with E-state index in [0.29, 0.717) is 0 Å². The van der Waals surface area contributed by atoms with Crippen LogP contribution < -0.4 is 10.6 Å². The zero-order chi connectivity index (χ0) is 12.9. The second-order valence-electron chi connectivity index (χ2n) is 4.37. The molecular weight excluding hydrogens is 232 g/mol. The number of thioether (sulfide) groups is 1. The number of carbonyl (C=O) groups excluding carboxylic acids is 1. The van der Waals surface area contributed by atoms with E-state index in [9.17, 15) is 4.79 Å². The van der Waals surface area contributed by atoms with Gasteiger partial charge in [0.25, 0.3) is 0 Å². The summed E-state index contributed by atoms with van der Waals surface area (Å²) in [5.41, 5.74) is 0. The van der Waals surface area contributed by atoms with Crippen LogP contribution in [0.25, 0.3) is 0 Å². The summed E-state index contributed by atoms with van der Waals surface area (Å²) in [7, 11) is 0. The van der Waals surface area contributed by atoms with Gasteiger partial charge >= 0.3 is 0 Å². The van der Waals surface area contributed by atoms with E-state index in [-0.39, 0.29) is 11.9 Å². The van der Waals surface area contributed by atoms with Crippen molar-refractivity contribution >= 4 is 17.7 Å². The lowest BCUT2D eigenvalue weighted by Crippen LogP contribution is -2.42. The number of nitrogens with one attached hydrogen (secondary N) is 2. The van der Waals surface area contributed by atoms with Gasteiger partial charge in [-0.3, -0.25) is 4.79 Å². The monoisotopic (exact) mass is 260 g/mol. The smallest absolute Gasteiger partial charge is 0.236 e. The summed E-state index contributed by atoms with van der Waals surface area (Å²) in [4.78, 5) is 11.6. The first-order chi connectivity index (χ1) is 8.22. The van der Waals surface area contributed by atoms with Gasteiger partial charge in [0.05, 0.1) is 6.04 Å². The third-order valence-corrected chi connectivity index (χ3v) is 3.40. The van der Waals surface area contributed by atoms with Crippen molar-refractivity contribution in [2.45, 2.75) is 52.0 Å². The summed E-state index contributed by atoms with van der Waals surface area (Å²) >= 11 is 1.88. The summed E-state index contributed by atoms with van der Waals surface area (Å²) < 4.78 is 0. The Balaban J connectivity index is 3.40. The van der Waals surface area contributed by atoms with Crippen LogP contribution in [-0.2, 0) is 4.79 Å². The van der Waals surface area contributed by atoms with Crippen molar-refractivity contribution < 1.29 is 4.79 Å². The molecule has 0 aromatic carbocycles. The Bertz CT molecular complexity index is 188. The number of hydrogen-bond acceptors (Lipinski definition) is 3. The van der Waals surface area contributed by atoms with Crippen molar-refractivity contribution in [1.82, 2.24) is 10.6 Å². The Labute approximate surface area is 111 Å². The highest BCUT2D eigenvalue weighted by atomic mass is 32.2. The second-order valence-corrected chi connectivity index (χ2v) is 5.36. The minimum absolute atomic E-state index is 0.0640. The Kier molecular flexibility index (Phi) is 12.1. The van der Waals surface area contributed by atoms with E-state index in [2.05, 4.69) is 23.8 Å². The maximum atomic E-state index is 11.6. The molecule has 0 spiro atoms. The van der Waals surface area contributed by atoms with Crippen LogP contribution in [0.1, 0.15) is 46.0 Å². The molecule has 0 radical (unpaired) electrons. The predicted octanol–water partition coefficient (Wildman–Crippen LogP) is 2.41. The third kappa shape index (κ3) is 10.6. The summed E-state index contributed by atoms with van der Waals surface area (Å²) in [5.74, 6) is 1.34. The first kappa shape index (κ1) is 16.8. The lowest BCUT2D eigenvalue weighted by molar-refractivity contribution is -0.122. The van der Waals surface area contributed by atoms with Crippen LogP contribution in [-0.4, -0.2) is 37.0 Å². The first-order valence-corrected chi connectivity index (χ1v) is 8.11. The zero-order valence-electron chi connectivity index (χ0n) is 11.6. The van der Waals surface area contributed by atoms with Crippen LogP contribution in [0.4, 0.5) is 0 Å². The molecule has 0 heterocycles. The topological polar surface area (TPSA) is 41.1 Å². The quantitative estimate of drug-likeness (QED) is 0.561. The van der Waals surface area contributed by atoms with Gasteiger partial charge in [-0.15, -0.1) is 0 Å². The lowest BCUT2D eigenvalue weighted by atomic mass is 10.2. The molecule has 0 fully saturated rings. The summed E-state index contributed by atoms with van der Waals surface area (Å²) in [6.07, 6.45) is 7.96. The van der Waals surface area contributed by atoms with Gasteiger partial charge < -0.3 is 10.6 Å². The average Bonchev–Trinajstić information content (AvgIpc) is 2.34. The van der Waals surface area contributed by atoms with E-state index in [0.717, 1.165) is 25.9 Å². The fraction of sp³-hybridized carbons (Fsp3) is 0.923.